The van der Waals surface area contributed by atoms with E-state index < -0.39 is 5.79 Å². The first-order valence-electron chi connectivity index (χ1n) is 7.15. The van der Waals surface area contributed by atoms with E-state index in [1.165, 1.54) is 0 Å². The molecule has 1 aliphatic heterocycles. The summed E-state index contributed by atoms with van der Waals surface area (Å²) in [7, 11) is 1.58. The van der Waals surface area contributed by atoms with Gasteiger partial charge in [-0.25, -0.2) is 0 Å². The zero-order chi connectivity index (χ0) is 15.4. The zero-order valence-corrected chi connectivity index (χ0v) is 12.3. The number of rotatable bonds is 6. The highest BCUT2D eigenvalue weighted by Gasteiger charge is 2.34. The smallest absolute Gasteiger partial charge is 0.241 e. The number of benzene rings is 1. The van der Waals surface area contributed by atoms with Gasteiger partial charge in [0.05, 0.1) is 13.2 Å². The molecule has 1 fully saturated rings. The van der Waals surface area contributed by atoms with Gasteiger partial charge in [0.25, 0.3) is 0 Å². The molecule has 6 nitrogen and oxygen atoms in total. The van der Waals surface area contributed by atoms with E-state index in [0.29, 0.717) is 29.3 Å². The summed E-state index contributed by atoms with van der Waals surface area (Å²) in [5, 5.41) is 16.1. The lowest BCUT2D eigenvalue weighted by Crippen LogP contribution is -2.35. The van der Waals surface area contributed by atoms with Crippen molar-refractivity contribution in [3.05, 3.63) is 59.5 Å². The fraction of sp³-hybridized carbons (Fsp3) is 0.375. The van der Waals surface area contributed by atoms with Gasteiger partial charge in [-0.05, 0) is 24.3 Å². The lowest BCUT2D eigenvalue weighted by Gasteiger charge is -2.29. The Balaban J connectivity index is 1.67. The Hall–Kier alpha value is -2.02. The van der Waals surface area contributed by atoms with Crippen molar-refractivity contribution in [2.45, 2.75) is 18.3 Å². The molecule has 1 aromatic carbocycles. The Kier molecular flexibility index (Phi) is 4.33. The highest BCUT2D eigenvalue weighted by atomic mass is 16.7. The van der Waals surface area contributed by atoms with Crippen LogP contribution in [0.4, 0.5) is 5.69 Å². The van der Waals surface area contributed by atoms with Gasteiger partial charge in [0.1, 0.15) is 11.8 Å². The van der Waals surface area contributed by atoms with E-state index >= 15 is 0 Å². The normalized spacial score (nSPS) is 27.6. The molecule has 22 heavy (non-hydrogen) atoms. The number of methoxy groups -OCH3 is 1. The van der Waals surface area contributed by atoms with Crippen molar-refractivity contribution < 1.29 is 19.1 Å². The molecule has 0 N–H and O–H groups in total. The zero-order valence-electron chi connectivity index (χ0n) is 12.3. The molecule has 2 atom stereocenters. The van der Waals surface area contributed by atoms with Crippen LogP contribution in [0.15, 0.2) is 59.4 Å². The van der Waals surface area contributed by atoms with Crippen molar-refractivity contribution >= 4 is 5.69 Å². The van der Waals surface area contributed by atoms with E-state index in [4.69, 9.17) is 14.2 Å². The summed E-state index contributed by atoms with van der Waals surface area (Å²) in [4.78, 5) is 0.607. The first-order chi connectivity index (χ1) is 10.7. The quantitative estimate of drug-likeness (QED) is 0.266. The average molecular weight is 302 g/mol. The van der Waals surface area contributed by atoms with E-state index in [1.807, 2.05) is 18.2 Å². The maximum atomic E-state index is 12.1. The van der Waals surface area contributed by atoms with Crippen LogP contribution in [-0.2, 0) is 14.2 Å². The molecule has 1 saturated heterocycles. The van der Waals surface area contributed by atoms with Crippen LogP contribution in [0.2, 0.25) is 0 Å². The standard InChI is InChI=1S/C16H18N2O4/c1-20-16(22-12-15-11-21-15)9-7-14(8-10-16)18(19)17-13-5-3-2-4-6-13/h2-9,15H,10-12H2,1H3. The predicted octanol–water partition coefficient (Wildman–Crippen LogP) is 2.88. The summed E-state index contributed by atoms with van der Waals surface area (Å²) in [5.74, 6) is -0.830. The minimum absolute atomic E-state index is 0.162. The lowest BCUT2D eigenvalue weighted by atomic mass is 10.1. The van der Waals surface area contributed by atoms with Crippen LogP contribution in [0, 0.1) is 5.21 Å². The number of ether oxygens (including phenoxy) is 3. The number of allylic oxidation sites excluding steroid dienone is 1. The molecule has 0 aromatic heterocycles. The molecule has 0 saturated carbocycles. The largest absolute Gasteiger partial charge is 0.594 e. The van der Waals surface area contributed by atoms with Gasteiger partial charge in [0, 0.05) is 24.7 Å². The topological polar surface area (TPSA) is 69.4 Å². The SMILES string of the molecule is COC1(OCC2CO2)C=CC([N+]([O-])=Nc2ccccc2)=CC1. The van der Waals surface area contributed by atoms with Crippen molar-refractivity contribution in [2.24, 2.45) is 5.11 Å². The van der Waals surface area contributed by atoms with Crippen molar-refractivity contribution in [3.63, 3.8) is 0 Å². The van der Waals surface area contributed by atoms with Gasteiger partial charge in [-0.15, -0.1) is 0 Å². The summed E-state index contributed by atoms with van der Waals surface area (Å²) in [6, 6.07) is 9.09. The van der Waals surface area contributed by atoms with Crippen LogP contribution in [0.3, 0.4) is 0 Å². The Labute approximate surface area is 128 Å². The average Bonchev–Trinajstić information content (AvgIpc) is 3.39. The van der Waals surface area contributed by atoms with Crippen LogP contribution in [0.1, 0.15) is 6.42 Å². The number of epoxide rings is 1. The maximum Gasteiger partial charge on any atom is 0.241 e. The highest BCUT2D eigenvalue weighted by Crippen LogP contribution is 2.28. The number of hydrogen-bond donors (Lipinski definition) is 0. The Morgan fingerprint density at radius 2 is 2.18 bits per heavy atom. The molecular weight excluding hydrogens is 284 g/mol. The maximum absolute atomic E-state index is 12.1. The van der Waals surface area contributed by atoms with Gasteiger partial charge in [-0.1, -0.05) is 23.1 Å². The molecule has 0 radical (unpaired) electrons. The van der Waals surface area contributed by atoms with Gasteiger partial charge in [-0.3, -0.25) is 0 Å². The van der Waals surface area contributed by atoms with Crippen LogP contribution in [0.25, 0.3) is 0 Å². The monoisotopic (exact) mass is 302 g/mol. The second kappa shape index (κ2) is 6.39. The highest BCUT2D eigenvalue weighted by molar-refractivity contribution is 5.34. The molecule has 3 rings (SSSR count). The fourth-order valence-electron chi connectivity index (χ4n) is 2.11. The molecule has 1 aromatic rings. The van der Waals surface area contributed by atoms with Crippen molar-refractivity contribution in [1.82, 2.24) is 0 Å². The first-order valence-corrected chi connectivity index (χ1v) is 7.15. The molecule has 1 heterocycles. The van der Waals surface area contributed by atoms with E-state index in [0.717, 1.165) is 6.61 Å². The lowest BCUT2D eigenvalue weighted by molar-refractivity contribution is -0.468. The first kappa shape index (κ1) is 14.9. The number of hydroxylamine groups is 1. The molecule has 116 valence electrons. The van der Waals surface area contributed by atoms with E-state index in [1.54, 1.807) is 37.5 Å². The molecule has 0 bridgehead atoms. The van der Waals surface area contributed by atoms with Gasteiger partial charge < -0.3 is 19.4 Å². The molecular formula is C16H18N2O4. The molecule has 2 unspecified atom stereocenters. The Morgan fingerprint density at radius 1 is 1.41 bits per heavy atom. The molecule has 2 aliphatic rings. The van der Waals surface area contributed by atoms with Gasteiger partial charge in [0.15, 0.2) is 5.79 Å². The summed E-state index contributed by atoms with van der Waals surface area (Å²) in [6.07, 6.45) is 5.79. The Bertz CT molecular complexity index is 608. The minimum Gasteiger partial charge on any atom is -0.594 e. The predicted molar refractivity (Wildman–Crippen MR) is 79.4 cm³/mol. The summed E-state index contributed by atoms with van der Waals surface area (Å²) in [5.41, 5.74) is 1.07. The Morgan fingerprint density at radius 3 is 2.77 bits per heavy atom. The third-order valence-corrected chi connectivity index (χ3v) is 3.55. The third kappa shape index (κ3) is 3.59. The summed E-state index contributed by atoms with van der Waals surface area (Å²) < 4.78 is 16.3. The summed E-state index contributed by atoms with van der Waals surface area (Å²) in [6.45, 7) is 1.21. The second-order valence-electron chi connectivity index (χ2n) is 5.16. The van der Waals surface area contributed by atoms with Crippen molar-refractivity contribution in [2.75, 3.05) is 20.3 Å². The van der Waals surface area contributed by atoms with E-state index in [2.05, 4.69) is 5.11 Å². The molecule has 6 heteroatoms. The summed E-state index contributed by atoms with van der Waals surface area (Å²) >= 11 is 0. The van der Waals surface area contributed by atoms with E-state index in [-0.39, 0.29) is 6.10 Å². The van der Waals surface area contributed by atoms with Crippen molar-refractivity contribution in [1.29, 1.82) is 0 Å². The third-order valence-electron chi connectivity index (χ3n) is 3.55. The van der Waals surface area contributed by atoms with Crippen LogP contribution in [0.5, 0.6) is 0 Å². The second-order valence-corrected chi connectivity index (χ2v) is 5.16. The molecule has 1 aliphatic carbocycles. The van der Waals surface area contributed by atoms with Gasteiger partial charge in [0.2, 0.25) is 5.70 Å². The molecule has 0 spiro atoms. The van der Waals surface area contributed by atoms with E-state index in [9.17, 15) is 5.21 Å². The number of hydrogen-bond acceptors (Lipinski definition) is 5. The number of nitrogens with zero attached hydrogens (tertiary/aromatic N) is 2. The molecule has 0 amide bonds. The fourth-order valence-corrected chi connectivity index (χ4v) is 2.11. The van der Waals surface area contributed by atoms with Crippen LogP contribution >= 0.6 is 0 Å². The van der Waals surface area contributed by atoms with Gasteiger partial charge >= 0.3 is 0 Å². The van der Waals surface area contributed by atoms with Gasteiger partial charge in [-0.2, -0.15) is 0 Å². The number of azo groups is 1. The minimum atomic E-state index is -0.830. The van der Waals surface area contributed by atoms with Crippen molar-refractivity contribution in [3.8, 4) is 0 Å². The van der Waals surface area contributed by atoms with Crippen LogP contribution in [-0.4, -0.2) is 37.1 Å². The van der Waals surface area contributed by atoms with Crippen LogP contribution < -0.4 is 0 Å².